The fourth-order valence-electron chi connectivity index (χ4n) is 2.80. The molecule has 0 fully saturated rings. The predicted octanol–water partition coefficient (Wildman–Crippen LogP) is 6.36. The summed E-state index contributed by atoms with van der Waals surface area (Å²) in [5.41, 5.74) is 0.962. The van der Waals surface area contributed by atoms with Gasteiger partial charge >= 0.3 is 5.97 Å². The quantitative estimate of drug-likeness (QED) is 0.459. The lowest BCUT2D eigenvalue weighted by molar-refractivity contribution is -0.143. The van der Waals surface area contributed by atoms with Gasteiger partial charge in [0.05, 0.1) is 10.8 Å². The third-order valence-corrected chi connectivity index (χ3v) is 4.87. The van der Waals surface area contributed by atoms with Crippen LogP contribution in [0, 0.1) is 5.41 Å². The van der Waals surface area contributed by atoms with Crippen LogP contribution < -0.4 is 10.2 Å². The molecular weight excluding hydrogens is 388 g/mol. The third-order valence-electron chi connectivity index (χ3n) is 4.63. The Labute approximate surface area is 175 Å². The van der Waals surface area contributed by atoms with E-state index >= 15 is 0 Å². The summed E-state index contributed by atoms with van der Waals surface area (Å²) in [5.74, 6) is -0.412. The topological polar surface area (TPSA) is 56.5 Å². The summed E-state index contributed by atoms with van der Waals surface area (Å²) in [6.45, 7) is 11.6. The first-order chi connectivity index (χ1) is 13.4. The van der Waals surface area contributed by atoms with Crippen LogP contribution in [0.15, 0.2) is 51.7 Å². The van der Waals surface area contributed by atoms with Gasteiger partial charge < -0.3 is 9.15 Å². The molecule has 2 aromatic carbocycles. The largest absolute Gasteiger partial charge is 0.452 e. The van der Waals surface area contributed by atoms with Crippen molar-refractivity contribution in [1.82, 2.24) is 0 Å². The van der Waals surface area contributed by atoms with Crippen LogP contribution in [-0.4, -0.2) is 5.97 Å². The van der Waals surface area contributed by atoms with Crippen LogP contribution in [-0.2, 0) is 10.2 Å². The van der Waals surface area contributed by atoms with Crippen LogP contribution in [0.1, 0.15) is 47.1 Å². The van der Waals surface area contributed by atoms with E-state index in [2.05, 4.69) is 20.8 Å². The second-order valence-corrected chi connectivity index (χ2v) is 9.63. The van der Waals surface area contributed by atoms with Gasteiger partial charge in [-0.2, -0.15) is 0 Å². The van der Waals surface area contributed by atoms with E-state index in [1.54, 1.807) is 32.9 Å². The first-order valence-electron chi connectivity index (χ1n) is 9.47. The molecule has 0 aliphatic carbocycles. The van der Waals surface area contributed by atoms with Gasteiger partial charge in [0.15, 0.2) is 5.76 Å². The van der Waals surface area contributed by atoms with Gasteiger partial charge in [0.25, 0.3) is 0 Å². The molecule has 0 bridgehead atoms. The van der Waals surface area contributed by atoms with Crippen molar-refractivity contribution in [3.8, 4) is 17.1 Å². The van der Waals surface area contributed by atoms with E-state index in [1.807, 2.05) is 24.3 Å². The van der Waals surface area contributed by atoms with Crippen molar-refractivity contribution in [3.63, 3.8) is 0 Å². The molecule has 4 nitrogen and oxygen atoms in total. The summed E-state index contributed by atoms with van der Waals surface area (Å²) in [4.78, 5) is 25.7. The Balaban J connectivity index is 2.24. The molecule has 1 heterocycles. The maximum Gasteiger partial charge on any atom is 0.316 e. The number of hydrogen-bond donors (Lipinski definition) is 0. The molecule has 0 atom stereocenters. The highest BCUT2D eigenvalue weighted by Crippen LogP contribution is 2.34. The first-order valence-corrected chi connectivity index (χ1v) is 9.85. The van der Waals surface area contributed by atoms with E-state index in [4.69, 9.17) is 20.8 Å². The van der Waals surface area contributed by atoms with Gasteiger partial charge in [-0.05, 0) is 49.9 Å². The van der Waals surface area contributed by atoms with E-state index in [0.29, 0.717) is 16.2 Å². The normalized spacial score (nSPS) is 12.2. The zero-order chi connectivity index (χ0) is 21.6. The molecule has 5 heteroatoms. The van der Waals surface area contributed by atoms with Crippen LogP contribution in [0.3, 0.4) is 0 Å². The van der Waals surface area contributed by atoms with Crippen molar-refractivity contribution >= 4 is 28.5 Å². The molecule has 0 amide bonds. The lowest BCUT2D eigenvalue weighted by atomic mass is 9.86. The number of ether oxygens (including phenoxy) is 1. The highest BCUT2D eigenvalue weighted by Gasteiger charge is 2.28. The lowest BCUT2D eigenvalue weighted by Gasteiger charge is -2.20. The number of carbonyl (C=O) groups is 1. The molecule has 3 aromatic rings. The first kappa shape index (κ1) is 21.1. The standard InChI is InChI=1S/C24H25ClO4/c1-23(2,3)15-9-7-14(8-10-15)20-21(29-22(27)24(4,5)6)19(26)17-13-16(25)11-12-18(17)28-20/h7-13H,1-6H3. The summed E-state index contributed by atoms with van der Waals surface area (Å²) >= 11 is 6.05. The van der Waals surface area contributed by atoms with Gasteiger partial charge in [0, 0.05) is 10.6 Å². The molecule has 0 spiro atoms. The monoisotopic (exact) mass is 412 g/mol. The average molecular weight is 413 g/mol. The Hall–Kier alpha value is -2.59. The molecule has 3 rings (SSSR count). The summed E-state index contributed by atoms with van der Waals surface area (Å²) < 4.78 is 11.6. The fraction of sp³-hybridized carbons (Fsp3) is 0.333. The smallest absolute Gasteiger partial charge is 0.316 e. The molecule has 0 aliphatic heterocycles. The van der Waals surface area contributed by atoms with Gasteiger partial charge in [-0.15, -0.1) is 0 Å². The molecule has 0 saturated carbocycles. The highest BCUT2D eigenvalue weighted by atomic mass is 35.5. The number of hydrogen-bond acceptors (Lipinski definition) is 4. The van der Waals surface area contributed by atoms with Crippen LogP contribution in [0.2, 0.25) is 5.02 Å². The number of carbonyl (C=O) groups excluding carboxylic acids is 1. The Morgan fingerprint density at radius 3 is 2.14 bits per heavy atom. The Morgan fingerprint density at radius 1 is 0.966 bits per heavy atom. The van der Waals surface area contributed by atoms with E-state index in [1.165, 1.54) is 6.07 Å². The molecule has 0 aliphatic rings. The van der Waals surface area contributed by atoms with E-state index in [0.717, 1.165) is 5.56 Å². The van der Waals surface area contributed by atoms with Gasteiger partial charge in [0.1, 0.15) is 5.58 Å². The molecule has 0 N–H and O–H groups in total. The van der Waals surface area contributed by atoms with Crippen LogP contribution in [0.4, 0.5) is 0 Å². The van der Waals surface area contributed by atoms with Crippen molar-refractivity contribution in [3.05, 3.63) is 63.3 Å². The van der Waals surface area contributed by atoms with E-state index in [-0.39, 0.29) is 22.3 Å². The van der Waals surface area contributed by atoms with Crippen molar-refractivity contribution < 1.29 is 13.9 Å². The molecule has 0 saturated heterocycles. The molecule has 0 radical (unpaired) electrons. The zero-order valence-corrected chi connectivity index (χ0v) is 18.3. The summed E-state index contributed by atoms with van der Waals surface area (Å²) in [6, 6.07) is 12.5. The maximum atomic E-state index is 13.2. The lowest BCUT2D eigenvalue weighted by Crippen LogP contribution is -2.28. The van der Waals surface area contributed by atoms with Gasteiger partial charge in [-0.3, -0.25) is 9.59 Å². The second-order valence-electron chi connectivity index (χ2n) is 9.20. The molecular formula is C24H25ClO4. The van der Waals surface area contributed by atoms with Crippen LogP contribution >= 0.6 is 11.6 Å². The van der Waals surface area contributed by atoms with E-state index < -0.39 is 16.8 Å². The molecule has 152 valence electrons. The minimum absolute atomic E-state index is 0.0129. The van der Waals surface area contributed by atoms with Crippen molar-refractivity contribution in [1.29, 1.82) is 0 Å². The number of esters is 1. The highest BCUT2D eigenvalue weighted by molar-refractivity contribution is 6.31. The van der Waals surface area contributed by atoms with Crippen LogP contribution in [0.5, 0.6) is 5.75 Å². The number of halogens is 1. The number of fused-ring (bicyclic) bond motifs is 1. The van der Waals surface area contributed by atoms with Crippen molar-refractivity contribution in [2.45, 2.75) is 47.0 Å². The number of benzene rings is 2. The molecule has 1 aromatic heterocycles. The van der Waals surface area contributed by atoms with Crippen molar-refractivity contribution in [2.24, 2.45) is 5.41 Å². The molecule has 0 unspecified atom stereocenters. The average Bonchev–Trinajstić information content (AvgIpc) is 2.63. The Kier molecular flexibility index (Phi) is 5.35. The SMILES string of the molecule is CC(C)(C)C(=O)Oc1c(-c2ccc(C(C)(C)C)cc2)oc2ccc(Cl)cc2c1=O. The minimum Gasteiger partial charge on any atom is -0.452 e. The van der Waals surface area contributed by atoms with E-state index in [9.17, 15) is 9.59 Å². The van der Waals surface area contributed by atoms with Gasteiger partial charge in [-0.25, -0.2) is 0 Å². The van der Waals surface area contributed by atoms with Crippen LogP contribution in [0.25, 0.3) is 22.3 Å². The predicted molar refractivity (Wildman–Crippen MR) is 117 cm³/mol. The van der Waals surface area contributed by atoms with Gasteiger partial charge in [-0.1, -0.05) is 56.6 Å². The summed E-state index contributed by atoms with van der Waals surface area (Å²) in [7, 11) is 0. The maximum absolute atomic E-state index is 13.2. The minimum atomic E-state index is -0.775. The number of rotatable bonds is 2. The Bertz CT molecular complexity index is 1130. The summed E-state index contributed by atoms with van der Waals surface area (Å²) in [6.07, 6.45) is 0. The Morgan fingerprint density at radius 2 is 1.59 bits per heavy atom. The molecule has 29 heavy (non-hydrogen) atoms. The van der Waals surface area contributed by atoms with Crippen molar-refractivity contribution in [2.75, 3.05) is 0 Å². The fourth-order valence-corrected chi connectivity index (χ4v) is 2.97. The zero-order valence-electron chi connectivity index (χ0n) is 17.6. The van der Waals surface area contributed by atoms with Gasteiger partial charge in [0.2, 0.25) is 11.2 Å². The third kappa shape index (κ3) is 4.38. The second kappa shape index (κ2) is 7.34. The summed E-state index contributed by atoms with van der Waals surface area (Å²) in [5, 5.41) is 0.671.